The Morgan fingerprint density at radius 2 is 1.97 bits per heavy atom. The molecular weight excluding hydrogens is 421 g/mol. The van der Waals surface area contributed by atoms with E-state index in [1.54, 1.807) is 4.98 Å². The van der Waals surface area contributed by atoms with Crippen molar-refractivity contribution in [1.29, 1.82) is 0 Å². The molecule has 0 unspecified atom stereocenters. The standard InChI is InChI=1S/C17H14ClF3N2O6/c18-9-3-1-8(2-4-9)15(26)29-11-5-13(28-12(11)7-24)23-6-10(17(19,20)21)14(25)22-16(23)27/h1-4,6,11-13,24H,5,7H2,(H,22,25,27)/t11-,12+,13+/m0/s1. The van der Waals surface area contributed by atoms with Gasteiger partial charge in [-0.15, -0.1) is 0 Å². The molecule has 0 aliphatic carbocycles. The summed E-state index contributed by atoms with van der Waals surface area (Å²) in [5.41, 5.74) is -4.13. The molecule has 0 radical (unpaired) electrons. The average molecular weight is 435 g/mol. The summed E-state index contributed by atoms with van der Waals surface area (Å²) in [6, 6.07) is 5.75. The van der Waals surface area contributed by atoms with Crippen molar-refractivity contribution in [1.82, 2.24) is 9.55 Å². The van der Waals surface area contributed by atoms with Crippen LogP contribution in [0.5, 0.6) is 0 Å². The maximum absolute atomic E-state index is 13.0. The molecule has 1 aromatic heterocycles. The number of rotatable bonds is 4. The monoisotopic (exact) mass is 434 g/mol. The number of nitrogens with zero attached hydrogens (tertiary/aromatic N) is 1. The largest absolute Gasteiger partial charge is 0.456 e. The normalized spacial score (nSPS) is 21.9. The zero-order valence-electron chi connectivity index (χ0n) is 14.5. The van der Waals surface area contributed by atoms with Crippen LogP contribution in [0.25, 0.3) is 0 Å². The zero-order valence-corrected chi connectivity index (χ0v) is 15.2. The third-order valence-electron chi connectivity index (χ3n) is 4.28. The number of H-pyrrole nitrogens is 1. The predicted molar refractivity (Wildman–Crippen MR) is 92.6 cm³/mol. The Balaban J connectivity index is 1.84. The molecule has 3 rings (SSSR count). The fourth-order valence-electron chi connectivity index (χ4n) is 2.85. The highest BCUT2D eigenvalue weighted by molar-refractivity contribution is 6.30. The Bertz CT molecular complexity index is 1020. The summed E-state index contributed by atoms with van der Waals surface area (Å²) in [4.78, 5) is 37.2. The van der Waals surface area contributed by atoms with E-state index in [0.29, 0.717) is 15.8 Å². The number of benzene rings is 1. The van der Waals surface area contributed by atoms with Crippen LogP contribution in [0.3, 0.4) is 0 Å². The Kier molecular flexibility index (Phi) is 5.82. The van der Waals surface area contributed by atoms with Gasteiger partial charge in [0.25, 0.3) is 5.56 Å². The average Bonchev–Trinajstić information content (AvgIpc) is 3.03. The molecule has 3 atom stereocenters. The molecule has 1 aliphatic rings. The van der Waals surface area contributed by atoms with Crippen LogP contribution in [0.15, 0.2) is 40.1 Å². The molecule has 12 heteroatoms. The van der Waals surface area contributed by atoms with Crippen molar-refractivity contribution in [3.8, 4) is 0 Å². The lowest BCUT2D eigenvalue weighted by atomic mass is 10.1. The van der Waals surface area contributed by atoms with Gasteiger partial charge in [0, 0.05) is 17.6 Å². The van der Waals surface area contributed by atoms with Crippen LogP contribution < -0.4 is 11.2 Å². The van der Waals surface area contributed by atoms with E-state index in [0.717, 1.165) is 0 Å². The molecule has 2 aromatic rings. The van der Waals surface area contributed by atoms with Gasteiger partial charge in [0.15, 0.2) is 0 Å². The molecule has 1 aromatic carbocycles. The number of hydrogen-bond donors (Lipinski definition) is 2. The number of aliphatic hydroxyl groups excluding tert-OH is 1. The van der Waals surface area contributed by atoms with E-state index in [2.05, 4.69) is 0 Å². The number of halogens is 4. The number of ether oxygens (including phenoxy) is 2. The Morgan fingerprint density at radius 3 is 2.55 bits per heavy atom. The molecule has 2 heterocycles. The number of aliphatic hydroxyl groups is 1. The summed E-state index contributed by atoms with van der Waals surface area (Å²) >= 11 is 5.75. The number of aromatic amines is 1. The molecule has 0 spiro atoms. The lowest BCUT2D eigenvalue weighted by Gasteiger charge is -2.16. The SMILES string of the molecule is O=C(O[C@H]1C[C@H](n2cc(C(F)(F)F)c(=O)[nH]c2=O)O[C@@H]1CO)c1ccc(Cl)cc1. The number of nitrogens with one attached hydrogen (secondary N) is 1. The summed E-state index contributed by atoms with van der Waals surface area (Å²) in [5.74, 6) is -0.765. The predicted octanol–water partition coefficient (Wildman–Crippen LogP) is 1.71. The first-order valence-electron chi connectivity index (χ1n) is 8.25. The molecule has 0 bridgehead atoms. The Hall–Kier alpha value is -2.63. The fraction of sp³-hybridized carbons (Fsp3) is 0.353. The summed E-state index contributed by atoms with van der Waals surface area (Å²) in [6.07, 6.45) is -8.28. The highest BCUT2D eigenvalue weighted by Gasteiger charge is 2.41. The van der Waals surface area contributed by atoms with Crippen LogP contribution in [0.2, 0.25) is 5.02 Å². The first-order chi connectivity index (χ1) is 13.6. The topological polar surface area (TPSA) is 111 Å². The number of alkyl halides is 3. The van der Waals surface area contributed by atoms with Crippen LogP contribution in [0, 0.1) is 0 Å². The van der Waals surface area contributed by atoms with Gasteiger partial charge < -0.3 is 14.6 Å². The first-order valence-corrected chi connectivity index (χ1v) is 8.63. The Labute approximate surface area is 165 Å². The van der Waals surface area contributed by atoms with Gasteiger partial charge in [0.05, 0.1) is 12.2 Å². The number of carbonyl (C=O) groups excluding carboxylic acids is 1. The minimum atomic E-state index is -4.99. The number of carbonyl (C=O) groups is 1. The van der Waals surface area contributed by atoms with Gasteiger partial charge in [-0.3, -0.25) is 14.3 Å². The Morgan fingerprint density at radius 1 is 1.31 bits per heavy atom. The summed E-state index contributed by atoms with van der Waals surface area (Å²) in [7, 11) is 0. The van der Waals surface area contributed by atoms with E-state index < -0.39 is 54.0 Å². The van der Waals surface area contributed by atoms with Crippen molar-refractivity contribution >= 4 is 17.6 Å². The van der Waals surface area contributed by atoms with Gasteiger partial charge in [-0.05, 0) is 24.3 Å². The van der Waals surface area contributed by atoms with Crippen molar-refractivity contribution in [3.63, 3.8) is 0 Å². The third kappa shape index (κ3) is 4.52. The first kappa shape index (κ1) is 21.1. The quantitative estimate of drug-likeness (QED) is 0.709. The molecule has 29 heavy (non-hydrogen) atoms. The molecule has 1 aliphatic heterocycles. The third-order valence-corrected chi connectivity index (χ3v) is 4.53. The van der Waals surface area contributed by atoms with Gasteiger partial charge in [-0.25, -0.2) is 9.59 Å². The van der Waals surface area contributed by atoms with Crippen molar-refractivity contribution < 1.29 is 32.5 Å². The zero-order chi connectivity index (χ0) is 21.3. The van der Waals surface area contributed by atoms with Gasteiger partial charge in [-0.1, -0.05) is 11.6 Å². The van der Waals surface area contributed by atoms with Crippen LogP contribution >= 0.6 is 11.6 Å². The van der Waals surface area contributed by atoms with Crippen molar-refractivity contribution in [2.24, 2.45) is 0 Å². The van der Waals surface area contributed by atoms with Gasteiger partial charge in [0.2, 0.25) is 0 Å². The van der Waals surface area contributed by atoms with Crippen LogP contribution in [0.4, 0.5) is 13.2 Å². The fourth-order valence-corrected chi connectivity index (χ4v) is 2.98. The van der Waals surface area contributed by atoms with E-state index in [1.165, 1.54) is 24.3 Å². The van der Waals surface area contributed by atoms with E-state index >= 15 is 0 Å². The number of aromatic nitrogens is 2. The van der Waals surface area contributed by atoms with E-state index in [4.69, 9.17) is 21.1 Å². The van der Waals surface area contributed by atoms with Crippen molar-refractivity contribution in [2.75, 3.05) is 6.61 Å². The second-order valence-corrected chi connectivity index (χ2v) is 6.64. The molecule has 156 valence electrons. The van der Waals surface area contributed by atoms with E-state index in [-0.39, 0.29) is 12.0 Å². The molecule has 2 N–H and O–H groups in total. The van der Waals surface area contributed by atoms with E-state index in [9.17, 15) is 32.7 Å². The highest BCUT2D eigenvalue weighted by atomic mass is 35.5. The number of esters is 1. The van der Waals surface area contributed by atoms with Gasteiger partial charge in [0.1, 0.15) is 24.0 Å². The maximum atomic E-state index is 13.0. The van der Waals surface area contributed by atoms with E-state index in [1.807, 2.05) is 0 Å². The number of hydrogen-bond acceptors (Lipinski definition) is 6. The molecule has 1 fully saturated rings. The molecule has 1 saturated heterocycles. The summed E-state index contributed by atoms with van der Waals surface area (Å²) in [6.45, 7) is -0.612. The smallest absolute Gasteiger partial charge is 0.423 e. The lowest BCUT2D eigenvalue weighted by Crippen LogP contribution is -2.36. The molecule has 0 saturated carbocycles. The van der Waals surface area contributed by atoms with Crippen LogP contribution in [-0.2, 0) is 15.7 Å². The second-order valence-electron chi connectivity index (χ2n) is 6.21. The van der Waals surface area contributed by atoms with Crippen LogP contribution in [0.1, 0.15) is 28.6 Å². The molecular formula is C17H14ClF3N2O6. The maximum Gasteiger partial charge on any atom is 0.423 e. The van der Waals surface area contributed by atoms with Crippen molar-refractivity contribution in [3.05, 3.63) is 67.4 Å². The summed E-state index contributed by atoms with van der Waals surface area (Å²) < 4.78 is 50.1. The molecule has 8 nitrogen and oxygen atoms in total. The van der Waals surface area contributed by atoms with Crippen LogP contribution in [-0.4, -0.2) is 39.4 Å². The van der Waals surface area contributed by atoms with Gasteiger partial charge in [-0.2, -0.15) is 13.2 Å². The van der Waals surface area contributed by atoms with Gasteiger partial charge >= 0.3 is 17.8 Å². The molecule has 0 amide bonds. The lowest BCUT2D eigenvalue weighted by molar-refractivity contribution is -0.139. The minimum absolute atomic E-state index is 0.162. The minimum Gasteiger partial charge on any atom is -0.456 e. The van der Waals surface area contributed by atoms with Crippen molar-refractivity contribution in [2.45, 2.75) is 31.0 Å². The second kappa shape index (κ2) is 8.01. The highest BCUT2D eigenvalue weighted by Crippen LogP contribution is 2.32. The summed E-state index contributed by atoms with van der Waals surface area (Å²) in [5, 5.41) is 9.86.